The highest BCUT2D eigenvalue weighted by Crippen LogP contribution is 2.08. The van der Waals surface area contributed by atoms with Gasteiger partial charge in [0.15, 0.2) is 0 Å². The maximum atomic E-state index is 13.4. The van der Waals surface area contributed by atoms with E-state index in [9.17, 15) is 4.39 Å². The van der Waals surface area contributed by atoms with Gasteiger partial charge in [0.1, 0.15) is 11.6 Å². The minimum atomic E-state index is -0.123. The Balaban J connectivity index is 1.53. The summed E-state index contributed by atoms with van der Waals surface area (Å²) in [5.74, 6) is 0.778. The average molecular weight is 273 g/mol. The van der Waals surface area contributed by atoms with Crippen molar-refractivity contribution < 1.29 is 9.13 Å². The van der Waals surface area contributed by atoms with Crippen molar-refractivity contribution in [3.63, 3.8) is 0 Å². The predicted molar refractivity (Wildman–Crippen MR) is 79.5 cm³/mol. The molecule has 0 fully saturated rings. The van der Waals surface area contributed by atoms with Crippen LogP contribution in [0.4, 0.5) is 4.39 Å². The fourth-order valence-electron chi connectivity index (χ4n) is 1.95. The van der Waals surface area contributed by atoms with Crippen LogP contribution in [0.25, 0.3) is 0 Å². The molecule has 106 valence electrons. The van der Waals surface area contributed by atoms with Crippen LogP contribution < -0.4 is 10.1 Å². The molecule has 0 bridgehead atoms. The van der Waals surface area contributed by atoms with Crippen molar-refractivity contribution in [1.29, 1.82) is 0 Å². The fraction of sp³-hybridized carbons (Fsp3) is 0.294. The van der Waals surface area contributed by atoms with Gasteiger partial charge in [-0.25, -0.2) is 4.39 Å². The van der Waals surface area contributed by atoms with E-state index in [1.807, 2.05) is 42.5 Å². The highest BCUT2D eigenvalue weighted by atomic mass is 19.1. The molecule has 0 aromatic heterocycles. The summed E-state index contributed by atoms with van der Waals surface area (Å²) in [5, 5.41) is 3.30. The normalized spacial score (nSPS) is 10.4. The molecule has 0 atom stereocenters. The Bertz CT molecular complexity index is 501. The largest absolute Gasteiger partial charge is 0.494 e. The van der Waals surface area contributed by atoms with Crippen LogP contribution in [-0.2, 0) is 6.42 Å². The van der Waals surface area contributed by atoms with Gasteiger partial charge in [-0.2, -0.15) is 0 Å². The molecule has 2 aromatic carbocycles. The molecule has 2 nitrogen and oxygen atoms in total. The molecule has 0 spiro atoms. The summed E-state index contributed by atoms with van der Waals surface area (Å²) in [6.45, 7) is 2.35. The lowest BCUT2D eigenvalue weighted by Gasteiger charge is -2.07. The van der Waals surface area contributed by atoms with Gasteiger partial charge in [0.05, 0.1) is 6.61 Å². The summed E-state index contributed by atoms with van der Waals surface area (Å²) in [5.41, 5.74) is 0.764. The van der Waals surface area contributed by atoms with E-state index in [-0.39, 0.29) is 5.82 Å². The van der Waals surface area contributed by atoms with E-state index in [1.165, 1.54) is 6.07 Å². The van der Waals surface area contributed by atoms with Crippen LogP contribution in [0.2, 0.25) is 0 Å². The number of hydrogen-bond acceptors (Lipinski definition) is 2. The molecule has 0 saturated heterocycles. The zero-order valence-electron chi connectivity index (χ0n) is 11.5. The van der Waals surface area contributed by atoms with Gasteiger partial charge in [-0.3, -0.25) is 0 Å². The molecular weight excluding hydrogens is 253 g/mol. The van der Waals surface area contributed by atoms with Crippen molar-refractivity contribution >= 4 is 0 Å². The maximum absolute atomic E-state index is 13.4. The number of rotatable bonds is 8. The summed E-state index contributed by atoms with van der Waals surface area (Å²) in [6, 6.07) is 16.7. The van der Waals surface area contributed by atoms with Crippen LogP contribution in [0.5, 0.6) is 5.75 Å². The van der Waals surface area contributed by atoms with Gasteiger partial charge < -0.3 is 10.1 Å². The molecule has 0 aliphatic carbocycles. The van der Waals surface area contributed by atoms with E-state index in [1.54, 1.807) is 6.07 Å². The predicted octanol–water partition coefficient (Wildman–Crippen LogP) is 3.43. The van der Waals surface area contributed by atoms with Gasteiger partial charge in [-0.05, 0) is 49.7 Å². The summed E-state index contributed by atoms with van der Waals surface area (Å²) in [7, 11) is 0. The first-order chi connectivity index (χ1) is 9.86. The zero-order valence-corrected chi connectivity index (χ0v) is 11.5. The van der Waals surface area contributed by atoms with Crippen molar-refractivity contribution in [1.82, 2.24) is 5.32 Å². The Kier molecular flexibility index (Phi) is 6.06. The van der Waals surface area contributed by atoms with Crippen LogP contribution >= 0.6 is 0 Å². The van der Waals surface area contributed by atoms with Gasteiger partial charge in [-0.1, -0.05) is 36.4 Å². The van der Waals surface area contributed by atoms with Crippen LogP contribution in [-0.4, -0.2) is 19.7 Å². The second kappa shape index (κ2) is 8.33. The topological polar surface area (TPSA) is 21.3 Å². The lowest BCUT2D eigenvalue weighted by molar-refractivity contribution is 0.308. The summed E-state index contributed by atoms with van der Waals surface area (Å²) >= 11 is 0. The van der Waals surface area contributed by atoms with Gasteiger partial charge in [0.25, 0.3) is 0 Å². The number of hydrogen-bond donors (Lipinski definition) is 1. The lowest BCUT2D eigenvalue weighted by atomic mass is 10.1. The molecule has 2 aromatic rings. The van der Waals surface area contributed by atoms with E-state index in [4.69, 9.17) is 4.74 Å². The highest BCUT2D eigenvalue weighted by Gasteiger charge is 1.99. The Morgan fingerprint density at radius 2 is 1.65 bits per heavy atom. The van der Waals surface area contributed by atoms with Crippen molar-refractivity contribution in [3.8, 4) is 5.75 Å². The molecule has 2 rings (SSSR count). The van der Waals surface area contributed by atoms with Crippen molar-refractivity contribution in [3.05, 3.63) is 66.0 Å². The molecule has 0 unspecified atom stereocenters. The molecule has 1 N–H and O–H groups in total. The molecule has 3 heteroatoms. The van der Waals surface area contributed by atoms with Crippen LogP contribution in [0.1, 0.15) is 12.0 Å². The Labute approximate surface area is 119 Å². The quantitative estimate of drug-likeness (QED) is 0.744. The van der Waals surface area contributed by atoms with E-state index in [0.717, 1.165) is 30.8 Å². The number of nitrogens with one attached hydrogen (secondary N) is 1. The molecule has 0 aliphatic heterocycles. The van der Waals surface area contributed by atoms with Crippen LogP contribution in [0, 0.1) is 5.82 Å². The Hall–Kier alpha value is -1.87. The van der Waals surface area contributed by atoms with Gasteiger partial charge >= 0.3 is 0 Å². The van der Waals surface area contributed by atoms with E-state index in [0.29, 0.717) is 13.0 Å². The number of para-hydroxylation sites is 1. The summed E-state index contributed by atoms with van der Waals surface area (Å²) in [4.78, 5) is 0. The first-order valence-corrected chi connectivity index (χ1v) is 6.98. The van der Waals surface area contributed by atoms with Crippen LogP contribution in [0.3, 0.4) is 0 Å². The van der Waals surface area contributed by atoms with Gasteiger partial charge in [0.2, 0.25) is 0 Å². The molecule has 0 radical (unpaired) electrons. The lowest BCUT2D eigenvalue weighted by Crippen LogP contribution is -2.20. The van der Waals surface area contributed by atoms with Gasteiger partial charge in [-0.15, -0.1) is 0 Å². The number of benzene rings is 2. The second-order valence-electron chi connectivity index (χ2n) is 4.61. The minimum Gasteiger partial charge on any atom is -0.494 e. The summed E-state index contributed by atoms with van der Waals surface area (Å²) < 4.78 is 18.9. The standard InChI is InChI=1S/C17H20FNO/c18-17-10-5-4-7-15(17)11-13-19-12-6-14-20-16-8-2-1-3-9-16/h1-5,7-10,19H,6,11-14H2. The summed E-state index contributed by atoms with van der Waals surface area (Å²) in [6.07, 6.45) is 1.65. The molecule has 0 amide bonds. The second-order valence-corrected chi connectivity index (χ2v) is 4.61. The Morgan fingerprint density at radius 3 is 2.45 bits per heavy atom. The number of halogens is 1. The third-order valence-corrected chi connectivity index (χ3v) is 3.04. The average Bonchev–Trinajstić information content (AvgIpc) is 2.49. The van der Waals surface area contributed by atoms with Crippen molar-refractivity contribution in [2.24, 2.45) is 0 Å². The van der Waals surface area contributed by atoms with E-state index >= 15 is 0 Å². The van der Waals surface area contributed by atoms with Crippen LogP contribution in [0.15, 0.2) is 54.6 Å². The molecule has 0 heterocycles. The third kappa shape index (κ3) is 5.02. The van der Waals surface area contributed by atoms with Gasteiger partial charge in [0, 0.05) is 0 Å². The fourth-order valence-corrected chi connectivity index (χ4v) is 1.95. The molecule has 0 saturated carbocycles. The first kappa shape index (κ1) is 14.5. The minimum absolute atomic E-state index is 0.123. The molecular formula is C17H20FNO. The zero-order chi connectivity index (χ0) is 14.0. The maximum Gasteiger partial charge on any atom is 0.126 e. The van der Waals surface area contributed by atoms with E-state index in [2.05, 4.69) is 5.32 Å². The van der Waals surface area contributed by atoms with Crippen molar-refractivity contribution in [2.45, 2.75) is 12.8 Å². The Morgan fingerprint density at radius 1 is 0.900 bits per heavy atom. The SMILES string of the molecule is Fc1ccccc1CCNCCCOc1ccccc1. The smallest absolute Gasteiger partial charge is 0.126 e. The van der Waals surface area contributed by atoms with Crippen molar-refractivity contribution in [2.75, 3.05) is 19.7 Å². The number of ether oxygens (including phenoxy) is 1. The first-order valence-electron chi connectivity index (χ1n) is 6.98. The third-order valence-electron chi connectivity index (χ3n) is 3.04. The molecule has 20 heavy (non-hydrogen) atoms. The monoisotopic (exact) mass is 273 g/mol. The molecule has 0 aliphatic rings. The van der Waals surface area contributed by atoms with E-state index < -0.39 is 0 Å². The highest BCUT2D eigenvalue weighted by molar-refractivity contribution is 5.20.